The van der Waals surface area contributed by atoms with Crippen LogP contribution in [-0.2, 0) is 13.5 Å². The minimum atomic E-state index is -0.307. The number of hydrogen-bond acceptors (Lipinski definition) is 4. The average molecular weight is 365 g/mol. The van der Waals surface area contributed by atoms with E-state index in [-0.39, 0.29) is 6.10 Å². The zero-order valence-corrected chi connectivity index (χ0v) is 15.0. The molecular weight excluding hydrogens is 344 g/mol. The van der Waals surface area contributed by atoms with E-state index < -0.39 is 0 Å². The number of aliphatic hydroxyl groups excluding tert-OH is 1. The monoisotopic (exact) mass is 364 g/mol. The summed E-state index contributed by atoms with van der Waals surface area (Å²) in [5, 5.41) is 16.5. The molecule has 19 heavy (non-hydrogen) atoms. The van der Waals surface area contributed by atoms with Gasteiger partial charge in [-0.2, -0.15) is 28.6 Å². The van der Waals surface area contributed by atoms with E-state index in [0.29, 0.717) is 22.2 Å². The Morgan fingerprint density at radius 1 is 1.47 bits per heavy atom. The normalized spacial score (nSPS) is 29.5. The van der Waals surface area contributed by atoms with Gasteiger partial charge in [0.1, 0.15) is 0 Å². The second-order valence-electron chi connectivity index (χ2n) is 5.16. The SMILES string of the molecule is Cc1nn(C)c(CC(O)C2CSC(C)C(C)S2)c1Br. The van der Waals surface area contributed by atoms with E-state index in [1.165, 1.54) is 0 Å². The molecule has 108 valence electrons. The van der Waals surface area contributed by atoms with Crippen molar-refractivity contribution in [1.82, 2.24) is 9.78 Å². The van der Waals surface area contributed by atoms with Gasteiger partial charge in [0.05, 0.1) is 22.0 Å². The summed E-state index contributed by atoms with van der Waals surface area (Å²) in [6.45, 7) is 6.51. The molecule has 0 amide bonds. The van der Waals surface area contributed by atoms with E-state index in [1.807, 2.05) is 42.2 Å². The minimum absolute atomic E-state index is 0.307. The molecule has 2 rings (SSSR count). The fourth-order valence-electron chi connectivity index (χ4n) is 2.24. The zero-order chi connectivity index (χ0) is 14.2. The van der Waals surface area contributed by atoms with Crippen LogP contribution >= 0.6 is 39.5 Å². The molecule has 0 spiro atoms. The third kappa shape index (κ3) is 3.52. The van der Waals surface area contributed by atoms with Crippen LogP contribution in [0.3, 0.4) is 0 Å². The van der Waals surface area contributed by atoms with E-state index in [4.69, 9.17) is 0 Å². The average Bonchev–Trinajstić information content (AvgIpc) is 2.59. The molecule has 4 unspecified atom stereocenters. The highest BCUT2D eigenvalue weighted by Gasteiger charge is 2.31. The van der Waals surface area contributed by atoms with Crippen molar-refractivity contribution in [3.63, 3.8) is 0 Å². The number of rotatable bonds is 3. The third-order valence-corrected chi connectivity index (χ3v) is 8.24. The summed E-state index contributed by atoms with van der Waals surface area (Å²) in [5.74, 6) is 1.03. The van der Waals surface area contributed by atoms with Crippen LogP contribution in [0.2, 0.25) is 0 Å². The first kappa shape index (κ1) is 15.7. The molecular formula is C13H21BrN2OS2. The Kier molecular flexibility index (Phi) is 5.31. The molecule has 2 heterocycles. The highest BCUT2D eigenvalue weighted by Crippen LogP contribution is 2.38. The van der Waals surface area contributed by atoms with Crippen LogP contribution in [-0.4, -0.2) is 42.5 Å². The number of aliphatic hydroxyl groups is 1. The lowest BCUT2D eigenvalue weighted by atomic mass is 10.1. The largest absolute Gasteiger partial charge is 0.392 e. The fraction of sp³-hybridized carbons (Fsp3) is 0.769. The molecule has 1 fully saturated rings. The second kappa shape index (κ2) is 6.41. The molecule has 1 aliphatic heterocycles. The first-order valence-corrected chi connectivity index (χ1v) is 9.31. The number of aromatic nitrogens is 2. The number of thioether (sulfide) groups is 2. The van der Waals surface area contributed by atoms with Crippen LogP contribution in [0.25, 0.3) is 0 Å². The van der Waals surface area contributed by atoms with Crippen molar-refractivity contribution < 1.29 is 5.11 Å². The van der Waals surface area contributed by atoms with Gasteiger partial charge in [-0.3, -0.25) is 4.68 Å². The predicted molar refractivity (Wildman–Crippen MR) is 88.1 cm³/mol. The van der Waals surface area contributed by atoms with Crippen molar-refractivity contribution in [2.45, 2.75) is 49.0 Å². The van der Waals surface area contributed by atoms with Gasteiger partial charge in [0.25, 0.3) is 0 Å². The van der Waals surface area contributed by atoms with E-state index in [9.17, 15) is 5.11 Å². The lowest BCUT2D eigenvalue weighted by molar-refractivity contribution is 0.174. The van der Waals surface area contributed by atoms with Crippen LogP contribution in [0, 0.1) is 6.92 Å². The Morgan fingerprint density at radius 2 is 2.16 bits per heavy atom. The van der Waals surface area contributed by atoms with Gasteiger partial charge in [-0.05, 0) is 22.9 Å². The van der Waals surface area contributed by atoms with Crippen LogP contribution in [0.5, 0.6) is 0 Å². The number of hydrogen-bond donors (Lipinski definition) is 1. The second-order valence-corrected chi connectivity index (χ2v) is 8.98. The first-order chi connectivity index (χ1) is 8.90. The fourth-order valence-corrected chi connectivity index (χ4v) is 5.75. The Balaban J connectivity index is 2.03. The van der Waals surface area contributed by atoms with Crippen LogP contribution in [0.15, 0.2) is 4.47 Å². The highest BCUT2D eigenvalue weighted by atomic mass is 79.9. The van der Waals surface area contributed by atoms with Gasteiger partial charge in [-0.25, -0.2) is 0 Å². The highest BCUT2D eigenvalue weighted by molar-refractivity contribution is 9.10. The molecule has 0 bridgehead atoms. The maximum atomic E-state index is 10.5. The summed E-state index contributed by atoms with van der Waals surface area (Å²) in [6.07, 6.45) is 0.357. The Morgan fingerprint density at radius 3 is 2.68 bits per heavy atom. The van der Waals surface area contributed by atoms with Crippen LogP contribution in [0.1, 0.15) is 25.2 Å². The van der Waals surface area contributed by atoms with Crippen molar-refractivity contribution in [2.24, 2.45) is 7.05 Å². The third-order valence-electron chi connectivity index (χ3n) is 3.67. The molecule has 6 heteroatoms. The molecule has 0 aliphatic carbocycles. The van der Waals surface area contributed by atoms with Gasteiger partial charge in [-0.1, -0.05) is 13.8 Å². The molecule has 0 radical (unpaired) electrons. The van der Waals surface area contributed by atoms with Crippen molar-refractivity contribution in [3.8, 4) is 0 Å². The quantitative estimate of drug-likeness (QED) is 0.894. The van der Waals surface area contributed by atoms with Gasteiger partial charge in [0.15, 0.2) is 0 Å². The van der Waals surface area contributed by atoms with Crippen LogP contribution in [0.4, 0.5) is 0 Å². The summed E-state index contributed by atoms with van der Waals surface area (Å²) < 4.78 is 2.90. The zero-order valence-electron chi connectivity index (χ0n) is 11.8. The van der Waals surface area contributed by atoms with Crippen LogP contribution < -0.4 is 0 Å². The Labute approximate surface area is 132 Å². The van der Waals surface area contributed by atoms with Crippen molar-refractivity contribution in [3.05, 3.63) is 15.9 Å². The number of aryl methyl sites for hydroxylation is 2. The molecule has 0 aromatic carbocycles. The van der Waals surface area contributed by atoms with Crippen molar-refractivity contribution in [1.29, 1.82) is 0 Å². The summed E-state index contributed by atoms with van der Waals surface area (Å²) in [6, 6.07) is 0. The standard InChI is InChI=1S/C13H21BrN2OS2/c1-7-13(14)10(16(4)15-7)5-11(17)12-6-18-8(2)9(3)19-12/h8-9,11-12,17H,5-6H2,1-4H3. The van der Waals surface area contributed by atoms with Gasteiger partial charge < -0.3 is 5.11 Å². The van der Waals surface area contributed by atoms with Gasteiger partial charge in [-0.15, -0.1) is 0 Å². The number of nitrogens with zero attached hydrogens (tertiary/aromatic N) is 2. The van der Waals surface area contributed by atoms with Crippen molar-refractivity contribution >= 4 is 39.5 Å². The molecule has 1 saturated heterocycles. The van der Waals surface area contributed by atoms with E-state index in [2.05, 4.69) is 34.9 Å². The molecule has 0 saturated carbocycles. The Bertz CT molecular complexity index is 452. The minimum Gasteiger partial charge on any atom is -0.392 e. The predicted octanol–water partition coefficient (Wildman–Crippen LogP) is 3.02. The maximum absolute atomic E-state index is 10.5. The summed E-state index contributed by atoms with van der Waals surface area (Å²) in [7, 11) is 1.94. The van der Waals surface area contributed by atoms with Gasteiger partial charge in [0.2, 0.25) is 0 Å². The Hall–Kier alpha value is 0.350. The lowest BCUT2D eigenvalue weighted by Gasteiger charge is -2.33. The molecule has 1 aliphatic rings. The molecule has 1 aromatic rings. The summed E-state index contributed by atoms with van der Waals surface area (Å²) >= 11 is 7.46. The summed E-state index contributed by atoms with van der Waals surface area (Å²) in [4.78, 5) is 0. The number of halogens is 1. The van der Waals surface area contributed by atoms with E-state index >= 15 is 0 Å². The van der Waals surface area contributed by atoms with Gasteiger partial charge in [0, 0.05) is 35.0 Å². The smallest absolute Gasteiger partial charge is 0.0738 e. The molecule has 1 N–H and O–H groups in total. The van der Waals surface area contributed by atoms with Gasteiger partial charge >= 0.3 is 0 Å². The maximum Gasteiger partial charge on any atom is 0.0738 e. The van der Waals surface area contributed by atoms with Crippen molar-refractivity contribution in [2.75, 3.05) is 5.75 Å². The van der Waals surface area contributed by atoms with E-state index in [0.717, 1.165) is 21.6 Å². The topological polar surface area (TPSA) is 38.0 Å². The first-order valence-electron chi connectivity index (χ1n) is 6.53. The van der Waals surface area contributed by atoms with E-state index in [1.54, 1.807) is 0 Å². The lowest BCUT2D eigenvalue weighted by Crippen LogP contribution is -2.36. The molecule has 4 atom stereocenters. The molecule has 1 aromatic heterocycles. The summed E-state index contributed by atoms with van der Waals surface area (Å²) in [5.41, 5.74) is 2.07. The molecule has 3 nitrogen and oxygen atoms in total.